The summed E-state index contributed by atoms with van der Waals surface area (Å²) in [6.07, 6.45) is 1.52. The highest BCUT2D eigenvalue weighted by atomic mass is 35.5. The maximum atomic E-state index is 13.3. The third-order valence-corrected chi connectivity index (χ3v) is 5.33. The third-order valence-electron chi connectivity index (χ3n) is 4.39. The molecule has 1 N–H and O–H groups in total. The largest absolute Gasteiger partial charge is 0.503 e. The molecule has 0 radical (unpaired) electrons. The van der Waals surface area contributed by atoms with Gasteiger partial charge >= 0.3 is 5.97 Å². The zero-order valence-corrected chi connectivity index (χ0v) is 18.9. The van der Waals surface area contributed by atoms with Gasteiger partial charge in [-0.25, -0.2) is 0 Å². The molecule has 1 aliphatic rings. The van der Waals surface area contributed by atoms with E-state index in [0.717, 1.165) is 0 Å². The Bertz CT molecular complexity index is 1070. The van der Waals surface area contributed by atoms with Gasteiger partial charge in [0.25, 0.3) is 5.91 Å². The number of carbonyl (C=O) groups is 2. The average Bonchev–Trinajstić information content (AvgIpc) is 2.96. The normalized spacial score (nSPS) is 15.0. The number of phenolic OH excluding ortho intramolecular Hbond substituents is 1. The first kappa shape index (κ1) is 22.9. The molecule has 3 rings (SSSR count). The van der Waals surface area contributed by atoms with Gasteiger partial charge in [0, 0.05) is 5.02 Å². The van der Waals surface area contributed by atoms with E-state index in [1.807, 2.05) is 0 Å². The SMILES string of the molecule is CCOc1cc(/C=C2/C(=O)N(c3ccc(Cl)cc3)C(=S)N2CC(=O)OC)cc(Cl)c1O. The van der Waals surface area contributed by atoms with Gasteiger partial charge in [-0.05, 0) is 67.2 Å². The molecule has 0 saturated carbocycles. The summed E-state index contributed by atoms with van der Waals surface area (Å²) in [5.74, 6) is -1.05. The third kappa shape index (κ3) is 4.76. The Labute approximate surface area is 194 Å². The van der Waals surface area contributed by atoms with Crippen LogP contribution in [0.5, 0.6) is 11.5 Å². The van der Waals surface area contributed by atoms with Crippen LogP contribution in [0.1, 0.15) is 12.5 Å². The maximum Gasteiger partial charge on any atom is 0.325 e. The molecule has 1 heterocycles. The highest BCUT2D eigenvalue weighted by Gasteiger charge is 2.40. The molecule has 0 bridgehead atoms. The molecule has 2 aromatic carbocycles. The van der Waals surface area contributed by atoms with Gasteiger partial charge in [-0.15, -0.1) is 0 Å². The summed E-state index contributed by atoms with van der Waals surface area (Å²) < 4.78 is 10.1. The van der Waals surface area contributed by atoms with Crippen LogP contribution in [-0.2, 0) is 14.3 Å². The lowest BCUT2D eigenvalue weighted by Gasteiger charge is -2.19. The van der Waals surface area contributed by atoms with Crippen LogP contribution < -0.4 is 9.64 Å². The molecule has 0 aliphatic carbocycles. The van der Waals surface area contributed by atoms with E-state index < -0.39 is 11.9 Å². The Balaban J connectivity index is 2.09. The van der Waals surface area contributed by atoms with Gasteiger partial charge in [0.05, 0.1) is 24.4 Å². The lowest BCUT2D eigenvalue weighted by molar-refractivity contribution is -0.140. The molecule has 0 atom stereocenters. The number of methoxy groups -OCH3 is 1. The van der Waals surface area contributed by atoms with E-state index in [9.17, 15) is 14.7 Å². The van der Waals surface area contributed by atoms with Crippen molar-refractivity contribution in [1.29, 1.82) is 0 Å². The van der Waals surface area contributed by atoms with Crippen molar-refractivity contribution in [3.05, 3.63) is 57.7 Å². The number of aromatic hydroxyl groups is 1. The fourth-order valence-electron chi connectivity index (χ4n) is 2.95. The van der Waals surface area contributed by atoms with Gasteiger partial charge in [0.15, 0.2) is 16.6 Å². The van der Waals surface area contributed by atoms with E-state index in [0.29, 0.717) is 22.9 Å². The number of benzene rings is 2. The van der Waals surface area contributed by atoms with Crippen LogP contribution in [0, 0.1) is 0 Å². The number of esters is 1. The Kier molecular flexibility index (Phi) is 7.04. The highest BCUT2D eigenvalue weighted by molar-refractivity contribution is 7.80. The summed E-state index contributed by atoms with van der Waals surface area (Å²) in [6.45, 7) is 1.81. The second kappa shape index (κ2) is 9.55. The van der Waals surface area contributed by atoms with Crippen molar-refractivity contribution in [2.24, 2.45) is 0 Å². The number of ether oxygens (including phenoxy) is 2. The molecule has 162 valence electrons. The summed E-state index contributed by atoms with van der Waals surface area (Å²) in [5.41, 5.74) is 1.11. The van der Waals surface area contributed by atoms with Crippen molar-refractivity contribution in [1.82, 2.24) is 4.90 Å². The lowest BCUT2D eigenvalue weighted by atomic mass is 10.1. The van der Waals surface area contributed by atoms with Crippen LogP contribution in [0.15, 0.2) is 42.1 Å². The molecule has 1 fully saturated rings. The minimum Gasteiger partial charge on any atom is -0.503 e. The van der Waals surface area contributed by atoms with Crippen molar-refractivity contribution >= 4 is 64.2 Å². The van der Waals surface area contributed by atoms with Crippen molar-refractivity contribution in [3.8, 4) is 11.5 Å². The number of halogens is 2. The Morgan fingerprint density at radius 1 is 1.23 bits per heavy atom. The molecule has 0 unspecified atom stereocenters. The van der Waals surface area contributed by atoms with Crippen LogP contribution >= 0.6 is 35.4 Å². The number of phenols is 1. The van der Waals surface area contributed by atoms with Gasteiger partial charge in [0.1, 0.15) is 12.2 Å². The number of rotatable bonds is 6. The molecular weight excluding hydrogens is 463 g/mol. The topological polar surface area (TPSA) is 79.3 Å². The highest BCUT2D eigenvalue weighted by Crippen LogP contribution is 2.37. The summed E-state index contributed by atoms with van der Waals surface area (Å²) in [4.78, 5) is 27.9. The molecule has 0 aromatic heterocycles. The molecule has 2 aromatic rings. The second-order valence-electron chi connectivity index (χ2n) is 6.37. The number of anilines is 1. The maximum absolute atomic E-state index is 13.3. The summed E-state index contributed by atoms with van der Waals surface area (Å²) in [5, 5.41) is 10.7. The minimum absolute atomic E-state index is 0.0555. The van der Waals surface area contributed by atoms with Gasteiger partial charge in [-0.1, -0.05) is 23.2 Å². The minimum atomic E-state index is -0.572. The standard InChI is InChI=1S/C21H18Cl2N2O5S/c1-3-30-17-10-12(8-15(23)19(17)27)9-16-20(28)25(14-6-4-13(22)5-7-14)21(31)24(16)11-18(26)29-2/h4-10,27H,3,11H2,1-2H3/b16-9-. The summed E-state index contributed by atoms with van der Waals surface area (Å²) in [7, 11) is 1.25. The number of thiocarbonyl (C=S) groups is 1. The van der Waals surface area contributed by atoms with E-state index in [-0.39, 0.29) is 33.9 Å². The van der Waals surface area contributed by atoms with Crippen molar-refractivity contribution in [2.75, 3.05) is 25.2 Å². The van der Waals surface area contributed by atoms with Gasteiger partial charge in [-0.2, -0.15) is 0 Å². The molecule has 1 aliphatic heterocycles. The number of hydrogen-bond acceptors (Lipinski definition) is 6. The molecule has 0 spiro atoms. The molecule has 31 heavy (non-hydrogen) atoms. The smallest absolute Gasteiger partial charge is 0.325 e. The number of hydrogen-bond donors (Lipinski definition) is 1. The molecule has 1 saturated heterocycles. The predicted octanol–water partition coefficient (Wildman–Crippen LogP) is 4.25. The van der Waals surface area contributed by atoms with Crippen molar-refractivity contribution in [3.63, 3.8) is 0 Å². The lowest BCUT2D eigenvalue weighted by Crippen LogP contribution is -2.35. The Morgan fingerprint density at radius 2 is 1.90 bits per heavy atom. The molecule has 7 nitrogen and oxygen atoms in total. The number of nitrogens with zero attached hydrogens (tertiary/aromatic N) is 2. The monoisotopic (exact) mass is 480 g/mol. The average molecular weight is 481 g/mol. The first-order valence-electron chi connectivity index (χ1n) is 9.12. The fourth-order valence-corrected chi connectivity index (χ4v) is 3.64. The van der Waals surface area contributed by atoms with Gasteiger partial charge in [0.2, 0.25) is 0 Å². The first-order valence-corrected chi connectivity index (χ1v) is 10.3. The number of amides is 1. The van der Waals surface area contributed by atoms with Crippen LogP contribution in [0.3, 0.4) is 0 Å². The first-order chi connectivity index (χ1) is 14.8. The molecule has 10 heteroatoms. The van der Waals surface area contributed by atoms with Crippen LogP contribution in [0.4, 0.5) is 5.69 Å². The Hall–Kier alpha value is -2.81. The quantitative estimate of drug-likeness (QED) is 0.376. The predicted molar refractivity (Wildman–Crippen MR) is 123 cm³/mol. The summed E-state index contributed by atoms with van der Waals surface area (Å²) in [6, 6.07) is 9.58. The van der Waals surface area contributed by atoms with Crippen LogP contribution in [-0.4, -0.2) is 47.3 Å². The zero-order valence-electron chi connectivity index (χ0n) is 16.6. The second-order valence-corrected chi connectivity index (χ2v) is 7.58. The fraction of sp³-hybridized carbons (Fsp3) is 0.190. The zero-order chi connectivity index (χ0) is 22.7. The van der Waals surface area contributed by atoms with E-state index >= 15 is 0 Å². The molecule has 1 amide bonds. The van der Waals surface area contributed by atoms with Crippen molar-refractivity contribution in [2.45, 2.75) is 6.92 Å². The van der Waals surface area contributed by atoms with Gasteiger partial charge in [-0.3, -0.25) is 14.5 Å². The van der Waals surface area contributed by atoms with Crippen molar-refractivity contribution < 1.29 is 24.2 Å². The summed E-state index contributed by atoms with van der Waals surface area (Å²) >= 11 is 17.5. The van der Waals surface area contributed by atoms with Crippen LogP contribution in [0.2, 0.25) is 10.0 Å². The van der Waals surface area contributed by atoms with E-state index in [1.165, 1.54) is 35.1 Å². The van der Waals surface area contributed by atoms with E-state index in [4.69, 9.17) is 44.9 Å². The Morgan fingerprint density at radius 3 is 2.52 bits per heavy atom. The molecular formula is C21H18Cl2N2O5S. The van der Waals surface area contributed by atoms with E-state index in [2.05, 4.69) is 0 Å². The number of carbonyl (C=O) groups excluding carboxylic acids is 2. The van der Waals surface area contributed by atoms with Crippen LogP contribution in [0.25, 0.3) is 6.08 Å². The van der Waals surface area contributed by atoms with Gasteiger partial charge < -0.3 is 19.5 Å². The van der Waals surface area contributed by atoms with E-state index in [1.54, 1.807) is 31.2 Å².